The zero-order valence-corrected chi connectivity index (χ0v) is 6.47. The Balaban J connectivity index is -0.0000000150. The first-order chi connectivity index (χ1) is 4.24. The molecule has 10 nitrogen and oxygen atoms in total. The Kier molecular flexibility index (Phi) is 502. The fourth-order valence-corrected chi connectivity index (χ4v) is 0. The van der Waals surface area contributed by atoms with Crippen LogP contribution in [0, 0.1) is 30.3 Å². The molecule has 11 heavy (non-hydrogen) atoms. The molecule has 0 aliphatic carbocycles. The van der Waals surface area contributed by atoms with Crippen molar-refractivity contribution in [2.45, 2.75) is 0 Å². The molecule has 0 aromatic rings. The zero-order chi connectivity index (χ0) is 8.12. The van der Waals surface area contributed by atoms with Crippen molar-refractivity contribution < 1.29 is 19.5 Å². The van der Waals surface area contributed by atoms with Gasteiger partial charge in [0.15, 0.2) is 0 Å². The average molecular weight is 258 g/mol. The second-order valence-electron chi connectivity index (χ2n) is 0.224. The van der Waals surface area contributed by atoms with E-state index in [0.717, 1.165) is 16.0 Å². The largest absolute Gasteiger partial charge is 3.00 e. The maximum Gasteiger partial charge on any atom is 3.00 e. The predicted octanol–water partition coefficient (Wildman–Crippen LogP) is 0.911. The maximum atomic E-state index is 8.00. The Morgan fingerprint density at radius 1 is 0.727 bits per heavy atom. The van der Waals surface area contributed by atoms with Gasteiger partial charge in [0.05, 0.1) is 0 Å². The molecule has 0 aromatic carbocycles. The molecule has 0 radical (unpaired) electrons. The second kappa shape index (κ2) is 167. The first-order valence-corrected chi connectivity index (χ1v) is 1.10. The van der Waals surface area contributed by atoms with Gasteiger partial charge in [0, 0.05) is 0 Å². The molecule has 0 aliphatic heterocycles. The van der Waals surface area contributed by atoms with Crippen molar-refractivity contribution in [3.05, 3.63) is 30.3 Å². The van der Waals surface area contributed by atoms with Crippen LogP contribution in [-0.2, 0) is 19.5 Å². The summed E-state index contributed by atoms with van der Waals surface area (Å²) in [6.45, 7) is 0. The molecule has 0 amide bonds. The number of rotatable bonds is 0. The van der Waals surface area contributed by atoms with E-state index < -0.39 is 0 Å². The summed E-state index contributed by atoms with van der Waals surface area (Å²) in [5.74, 6) is 0. The van der Waals surface area contributed by atoms with Crippen LogP contribution in [0.1, 0.15) is 0 Å². The number of hydrogen-bond donors (Lipinski definition) is 1. The van der Waals surface area contributed by atoms with Crippen LogP contribution in [0.2, 0.25) is 0 Å². The Hall–Kier alpha value is -1.22. The first-order valence-electron chi connectivity index (χ1n) is 1.10. The van der Waals surface area contributed by atoms with Gasteiger partial charge in [-0.1, -0.05) is 0 Å². The average Bonchev–Trinajstić information content (AvgIpc) is 1.70. The van der Waals surface area contributed by atoms with E-state index in [1.54, 1.807) is 0 Å². The van der Waals surface area contributed by atoms with Crippen LogP contribution >= 0.6 is 0 Å². The smallest absolute Gasteiger partial charge is 0.444 e. The van der Waals surface area contributed by atoms with Crippen LogP contribution in [-0.4, -0.2) is 0 Å². The normalized spacial score (nSPS) is 3.27. The van der Waals surface area contributed by atoms with E-state index in [1.165, 1.54) is 0 Å². The summed E-state index contributed by atoms with van der Waals surface area (Å²) in [5, 5.41) is 27.0. The Morgan fingerprint density at radius 3 is 0.727 bits per heavy atom. The van der Waals surface area contributed by atoms with Gasteiger partial charge in [0.25, 0.3) is 0 Å². The summed E-state index contributed by atoms with van der Waals surface area (Å²) in [4.78, 5) is 24.0. The topological polar surface area (TPSA) is 192 Å². The molecule has 3 N–H and O–H groups in total. The zero-order valence-electron chi connectivity index (χ0n) is 4.83. The van der Waals surface area contributed by atoms with E-state index >= 15 is 0 Å². The molecule has 0 unspecified atom stereocenters. The van der Waals surface area contributed by atoms with Crippen LogP contribution < -0.4 is 6.15 Å². The van der Waals surface area contributed by atoms with Gasteiger partial charge in [-0.3, -0.25) is 0 Å². The van der Waals surface area contributed by atoms with Crippen molar-refractivity contribution in [3.63, 3.8) is 0 Å². The van der Waals surface area contributed by atoms with Gasteiger partial charge in [0.1, 0.15) is 0 Å². The van der Waals surface area contributed by atoms with Crippen molar-refractivity contribution >= 4 is 0 Å². The van der Waals surface area contributed by atoms with Crippen molar-refractivity contribution in [3.8, 4) is 0 Å². The molecule has 0 spiro atoms. The minimum atomic E-state index is 0. The Bertz CT molecular complexity index is 51.3. The number of hydrogen-bond acceptors (Lipinski definition) is 10. The molecule has 0 rings (SSSR count). The van der Waals surface area contributed by atoms with E-state index in [-0.39, 0.29) is 25.6 Å². The van der Waals surface area contributed by atoms with Gasteiger partial charge in [0.2, 0.25) is 0 Å². The van der Waals surface area contributed by atoms with Crippen molar-refractivity contribution in [2.75, 3.05) is 0 Å². The summed E-state index contributed by atoms with van der Waals surface area (Å²) >= 11 is 0. The van der Waals surface area contributed by atoms with E-state index in [9.17, 15) is 0 Å². The van der Waals surface area contributed by atoms with Gasteiger partial charge >= 0.3 is 19.5 Å². The first kappa shape index (κ1) is 33.0. The van der Waals surface area contributed by atoms with E-state index in [1.807, 2.05) is 0 Å². The molecular formula is H3N4O6Rh. The van der Waals surface area contributed by atoms with Crippen molar-refractivity contribution in [1.29, 1.82) is 0 Å². The standard InChI is InChI=1S/3HNO2.H3N.Rh/c3*2-1-3;;/h3*(H,2,3);1H3;/q;;;;+3/p-3. The molecule has 0 aromatic heterocycles. The molecule has 11 heteroatoms. The monoisotopic (exact) mass is 258 g/mol. The summed E-state index contributed by atoms with van der Waals surface area (Å²) in [5.41, 5.74) is 0. The molecule has 0 bridgehead atoms. The van der Waals surface area contributed by atoms with Crippen LogP contribution in [0.4, 0.5) is 0 Å². The van der Waals surface area contributed by atoms with Crippen LogP contribution in [0.15, 0.2) is 16.0 Å². The minimum Gasteiger partial charge on any atom is -0.444 e. The van der Waals surface area contributed by atoms with Gasteiger partial charge in [-0.05, 0) is 0 Å². The third-order valence-corrected chi connectivity index (χ3v) is 0. The third kappa shape index (κ3) is 273. The second-order valence-corrected chi connectivity index (χ2v) is 0.224. The van der Waals surface area contributed by atoms with Gasteiger partial charge in [-0.15, -0.1) is 16.0 Å². The molecule has 68 valence electrons. The molecule has 0 fully saturated rings. The summed E-state index contributed by atoms with van der Waals surface area (Å²) in [7, 11) is 0. The third-order valence-electron chi connectivity index (χ3n) is 0. The predicted molar refractivity (Wildman–Crippen MR) is 32.5 cm³/mol. The molecule has 0 heterocycles. The molecule has 0 aliphatic rings. The summed E-state index contributed by atoms with van der Waals surface area (Å²) in [6.07, 6.45) is 0. The van der Waals surface area contributed by atoms with Crippen LogP contribution in [0.25, 0.3) is 0 Å². The Labute approximate surface area is 72.7 Å². The Morgan fingerprint density at radius 2 is 0.727 bits per heavy atom. The van der Waals surface area contributed by atoms with Crippen molar-refractivity contribution in [1.82, 2.24) is 6.15 Å². The molecule has 0 atom stereocenters. The summed E-state index contributed by atoms with van der Waals surface area (Å²) in [6, 6.07) is 0. The number of nitrogens with zero attached hydrogens (tertiary/aromatic N) is 3. The van der Waals surface area contributed by atoms with E-state index in [0.29, 0.717) is 0 Å². The maximum absolute atomic E-state index is 8.00. The SMILES string of the molecule is N.O=N[O-].O=N[O-].O=N[O-].[Rh+3]. The summed E-state index contributed by atoms with van der Waals surface area (Å²) < 4.78 is 0. The van der Waals surface area contributed by atoms with E-state index in [4.69, 9.17) is 30.3 Å². The van der Waals surface area contributed by atoms with Gasteiger partial charge < -0.3 is 36.5 Å². The molecular weight excluding hydrogens is 255 g/mol. The molecule has 0 saturated carbocycles. The quantitative estimate of drug-likeness (QED) is 0.378. The van der Waals surface area contributed by atoms with Gasteiger partial charge in [-0.2, -0.15) is 0 Å². The van der Waals surface area contributed by atoms with Gasteiger partial charge in [-0.25, -0.2) is 0 Å². The van der Waals surface area contributed by atoms with E-state index in [2.05, 4.69) is 0 Å². The van der Waals surface area contributed by atoms with Crippen LogP contribution in [0.3, 0.4) is 0 Å². The van der Waals surface area contributed by atoms with Crippen LogP contribution in [0.5, 0.6) is 0 Å². The minimum absolute atomic E-state index is 0. The van der Waals surface area contributed by atoms with Crippen molar-refractivity contribution in [2.24, 2.45) is 16.0 Å². The fraction of sp³-hybridized carbons (Fsp3) is 0. The molecule has 0 saturated heterocycles. The fourth-order valence-electron chi connectivity index (χ4n) is 0.